The van der Waals surface area contributed by atoms with Gasteiger partial charge in [0.05, 0.1) is 21.8 Å². The quantitative estimate of drug-likeness (QED) is 0.733. The molecule has 0 N–H and O–H groups in total. The molecule has 0 aromatic carbocycles. The number of aromatic nitrogens is 2. The van der Waals surface area contributed by atoms with E-state index in [0.717, 1.165) is 37.9 Å². The number of amides is 1. The van der Waals surface area contributed by atoms with E-state index in [1.54, 1.807) is 9.47 Å². The minimum absolute atomic E-state index is 0.0257. The molecular formula is C20H27N3O4S2. The van der Waals surface area contributed by atoms with Crippen LogP contribution in [0.3, 0.4) is 0 Å². The van der Waals surface area contributed by atoms with E-state index < -0.39 is 9.84 Å². The highest BCUT2D eigenvalue weighted by atomic mass is 32.2. The van der Waals surface area contributed by atoms with Crippen LogP contribution < -0.4 is 5.56 Å². The van der Waals surface area contributed by atoms with Gasteiger partial charge in [-0.1, -0.05) is 13.3 Å². The lowest BCUT2D eigenvalue weighted by molar-refractivity contribution is 0.0701. The summed E-state index contributed by atoms with van der Waals surface area (Å²) in [6.07, 6.45) is 5.10. The topological polar surface area (TPSA) is 89.3 Å². The van der Waals surface area contributed by atoms with Gasteiger partial charge in [-0.15, -0.1) is 11.3 Å². The van der Waals surface area contributed by atoms with E-state index in [1.807, 2.05) is 13.8 Å². The molecule has 1 fully saturated rings. The normalized spacial score (nSPS) is 21.1. The van der Waals surface area contributed by atoms with Crippen molar-refractivity contribution in [3.05, 3.63) is 26.6 Å². The van der Waals surface area contributed by atoms with Crippen LogP contribution >= 0.6 is 11.3 Å². The van der Waals surface area contributed by atoms with Crippen molar-refractivity contribution in [2.24, 2.45) is 0 Å². The maximum Gasteiger partial charge on any atom is 0.264 e. The minimum atomic E-state index is -3.09. The maximum atomic E-state index is 13.4. The fourth-order valence-electron chi connectivity index (χ4n) is 4.46. The zero-order valence-electron chi connectivity index (χ0n) is 16.9. The zero-order valence-corrected chi connectivity index (χ0v) is 18.6. The number of hydrogen-bond acceptors (Lipinski definition) is 6. The second-order valence-corrected chi connectivity index (χ2v) is 11.3. The van der Waals surface area contributed by atoms with Crippen LogP contribution in [-0.4, -0.2) is 52.9 Å². The molecule has 0 aliphatic carbocycles. The molecule has 4 rings (SSSR count). The summed E-state index contributed by atoms with van der Waals surface area (Å²) >= 11 is 1.27. The second-order valence-electron chi connectivity index (χ2n) is 8.09. The summed E-state index contributed by atoms with van der Waals surface area (Å²) in [7, 11) is -3.09. The molecule has 0 saturated carbocycles. The number of hydrogen-bond donors (Lipinski definition) is 0. The molecule has 9 heteroatoms. The van der Waals surface area contributed by atoms with E-state index in [0.29, 0.717) is 40.2 Å². The molecule has 2 aliphatic rings. The maximum absolute atomic E-state index is 13.4. The van der Waals surface area contributed by atoms with Crippen molar-refractivity contribution in [2.75, 3.05) is 18.1 Å². The van der Waals surface area contributed by atoms with Gasteiger partial charge in [0.1, 0.15) is 10.7 Å². The van der Waals surface area contributed by atoms with E-state index in [9.17, 15) is 18.0 Å². The zero-order chi connectivity index (χ0) is 20.8. The average Bonchev–Trinajstić information content (AvgIpc) is 3.08. The van der Waals surface area contributed by atoms with Crippen LogP contribution in [0.4, 0.5) is 0 Å². The Kier molecular flexibility index (Phi) is 5.54. The first kappa shape index (κ1) is 20.5. The van der Waals surface area contributed by atoms with Gasteiger partial charge >= 0.3 is 0 Å². The summed E-state index contributed by atoms with van der Waals surface area (Å²) < 4.78 is 25.7. The van der Waals surface area contributed by atoms with Gasteiger partial charge in [0.25, 0.3) is 11.5 Å². The third kappa shape index (κ3) is 3.74. The Labute approximate surface area is 174 Å². The highest BCUT2D eigenvalue weighted by molar-refractivity contribution is 7.91. The number of nitrogens with zero attached hydrogens (tertiary/aromatic N) is 3. The van der Waals surface area contributed by atoms with Crippen molar-refractivity contribution in [3.8, 4) is 0 Å². The van der Waals surface area contributed by atoms with E-state index in [-0.39, 0.29) is 29.0 Å². The third-order valence-corrected chi connectivity index (χ3v) is 8.90. The van der Waals surface area contributed by atoms with Crippen molar-refractivity contribution < 1.29 is 13.2 Å². The predicted octanol–water partition coefficient (Wildman–Crippen LogP) is 2.53. The van der Waals surface area contributed by atoms with E-state index in [2.05, 4.69) is 0 Å². The number of thiophene rings is 1. The van der Waals surface area contributed by atoms with E-state index in [1.165, 1.54) is 11.3 Å². The highest BCUT2D eigenvalue weighted by Gasteiger charge is 2.36. The molecule has 1 unspecified atom stereocenters. The Bertz CT molecular complexity index is 1120. The van der Waals surface area contributed by atoms with Gasteiger partial charge in [0.2, 0.25) is 0 Å². The third-order valence-electron chi connectivity index (χ3n) is 5.98. The van der Waals surface area contributed by atoms with Crippen LogP contribution in [0.15, 0.2) is 4.79 Å². The Balaban J connectivity index is 1.76. The minimum Gasteiger partial charge on any atom is -0.334 e. The molecule has 7 nitrogen and oxygen atoms in total. The Morgan fingerprint density at radius 1 is 1.31 bits per heavy atom. The summed E-state index contributed by atoms with van der Waals surface area (Å²) in [5.41, 5.74) is 0.624. The molecule has 1 atom stereocenters. The number of fused-ring (bicyclic) bond motifs is 2. The summed E-state index contributed by atoms with van der Waals surface area (Å²) in [4.78, 5) is 34.1. The summed E-state index contributed by atoms with van der Waals surface area (Å²) in [6.45, 7) is 4.98. The molecule has 0 bridgehead atoms. The standard InChI is InChI=1S/C20H27N3O4S2/c1-3-9-22(14-8-11-29(26,27)12-14)20(25)17-13(2)16-18(28-17)21-15-7-5-4-6-10-23(15)19(16)24/h14H,3-12H2,1-2H3. The Morgan fingerprint density at radius 2 is 2.10 bits per heavy atom. The van der Waals surface area contributed by atoms with Crippen molar-refractivity contribution in [1.29, 1.82) is 0 Å². The van der Waals surface area contributed by atoms with Crippen LogP contribution in [0.5, 0.6) is 0 Å². The van der Waals surface area contributed by atoms with Gasteiger partial charge in [0.15, 0.2) is 9.84 Å². The molecule has 0 spiro atoms. The Morgan fingerprint density at radius 3 is 2.79 bits per heavy atom. The first-order valence-corrected chi connectivity index (χ1v) is 13.0. The van der Waals surface area contributed by atoms with Crippen molar-refractivity contribution in [2.45, 2.75) is 65.0 Å². The molecule has 1 saturated heterocycles. The van der Waals surface area contributed by atoms with Crippen molar-refractivity contribution in [1.82, 2.24) is 14.5 Å². The van der Waals surface area contributed by atoms with Gasteiger partial charge < -0.3 is 4.90 Å². The van der Waals surface area contributed by atoms with Gasteiger partial charge in [0, 0.05) is 25.6 Å². The van der Waals surface area contributed by atoms with Gasteiger partial charge in [-0.2, -0.15) is 0 Å². The number of carbonyl (C=O) groups is 1. The largest absolute Gasteiger partial charge is 0.334 e. The summed E-state index contributed by atoms with van der Waals surface area (Å²) in [6, 6.07) is -0.289. The van der Waals surface area contributed by atoms with E-state index >= 15 is 0 Å². The number of carbonyl (C=O) groups excluding carboxylic acids is 1. The average molecular weight is 438 g/mol. The molecule has 2 aromatic heterocycles. The van der Waals surface area contributed by atoms with E-state index in [4.69, 9.17) is 4.98 Å². The second kappa shape index (κ2) is 7.83. The van der Waals surface area contributed by atoms with Gasteiger partial charge in [-0.05, 0) is 38.2 Å². The van der Waals surface area contributed by atoms with Crippen LogP contribution in [0.2, 0.25) is 0 Å². The van der Waals surface area contributed by atoms with Gasteiger partial charge in [-0.25, -0.2) is 13.4 Å². The predicted molar refractivity (Wildman–Crippen MR) is 115 cm³/mol. The fraction of sp³-hybridized carbons (Fsp3) is 0.650. The van der Waals surface area contributed by atoms with Crippen molar-refractivity contribution in [3.63, 3.8) is 0 Å². The lowest BCUT2D eigenvalue weighted by atomic mass is 10.1. The highest BCUT2D eigenvalue weighted by Crippen LogP contribution is 2.31. The first-order valence-electron chi connectivity index (χ1n) is 10.4. The van der Waals surface area contributed by atoms with Crippen LogP contribution in [0.25, 0.3) is 10.2 Å². The van der Waals surface area contributed by atoms with Crippen LogP contribution in [0, 0.1) is 6.92 Å². The van der Waals surface area contributed by atoms with Gasteiger partial charge in [-0.3, -0.25) is 14.2 Å². The molecule has 2 aromatic rings. The van der Waals surface area contributed by atoms with Crippen LogP contribution in [0.1, 0.15) is 60.1 Å². The number of sulfone groups is 1. The number of rotatable bonds is 4. The lowest BCUT2D eigenvalue weighted by Gasteiger charge is -2.27. The smallest absolute Gasteiger partial charge is 0.264 e. The molecule has 4 heterocycles. The lowest BCUT2D eigenvalue weighted by Crippen LogP contribution is -2.41. The SMILES string of the molecule is CCCN(C(=O)c1sc2nc3n(c(=O)c2c1C)CCCCC3)C1CCS(=O)(=O)C1. The first-order chi connectivity index (χ1) is 13.8. The molecule has 29 heavy (non-hydrogen) atoms. The van der Waals surface area contributed by atoms with Crippen molar-refractivity contribution >= 4 is 37.3 Å². The fourth-order valence-corrected chi connectivity index (χ4v) is 7.33. The monoisotopic (exact) mass is 437 g/mol. The molecular weight excluding hydrogens is 410 g/mol. The number of aryl methyl sites for hydroxylation is 2. The molecule has 0 radical (unpaired) electrons. The Hall–Kier alpha value is -1.74. The summed E-state index contributed by atoms with van der Waals surface area (Å²) in [5, 5.41) is 0.541. The molecule has 1 amide bonds. The molecule has 158 valence electrons. The van der Waals surface area contributed by atoms with Crippen LogP contribution in [-0.2, 0) is 22.8 Å². The molecule has 2 aliphatic heterocycles. The summed E-state index contributed by atoms with van der Waals surface area (Å²) in [5.74, 6) is 0.797.